The summed E-state index contributed by atoms with van der Waals surface area (Å²) >= 11 is 0. The van der Waals surface area contributed by atoms with Gasteiger partial charge in [0, 0.05) is 24.6 Å². The van der Waals surface area contributed by atoms with Gasteiger partial charge in [0.1, 0.15) is 0 Å². The molecule has 1 aromatic carbocycles. The first kappa shape index (κ1) is 15.4. The van der Waals surface area contributed by atoms with Crippen LogP contribution in [-0.2, 0) is 9.53 Å². The second kappa shape index (κ2) is 6.67. The lowest BCUT2D eigenvalue weighted by molar-refractivity contribution is -0.145. The Morgan fingerprint density at radius 2 is 1.76 bits per heavy atom. The summed E-state index contributed by atoms with van der Waals surface area (Å²) in [5.74, 6) is 1.25. The van der Waals surface area contributed by atoms with E-state index in [0.717, 1.165) is 5.56 Å². The second-order valence-electron chi connectivity index (χ2n) is 4.82. The fourth-order valence-corrected chi connectivity index (χ4v) is 2.82. The lowest BCUT2D eigenvalue weighted by Gasteiger charge is -2.22. The molecule has 1 aliphatic rings. The summed E-state index contributed by atoms with van der Waals surface area (Å²) in [5.41, 5.74) is 0.913. The third-order valence-electron chi connectivity index (χ3n) is 3.85. The maximum absolute atomic E-state index is 11.9. The van der Waals surface area contributed by atoms with Gasteiger partial charge in [-0.05, 0) is 6.07 Å². The quantitative estimate of drug-likeness (QED) is 0.823. The highest BCUT2D eigenvalue weighted by molar-refractivity contribution is 5.75. The third kappa shape index (κ3) is 2.76. The summed E-state index contributed by atoms with van der Waals surface area (Å²) in [4.78, 5) is 11.9. The van der Waals surface area contributed by atoms with Gasteiger partial charge in [0.25, 0.3) is 0 Å². The van der Waals surface area contributed by atoms with Gasteiger partial charge in [0.05, 0.1) is 34.4 Å². The fraction of sp³-hybridized carbons (Fsp3) is 0.533. The highest BCUT2D eigenvalue weighted by Crippen LogP contribution is 2.45. The van der Waals surface area contributed by atoms with Crippen molar-refractivity contribution < 1.29 is 23.7 Å². The zero-order valence-electron chi connectivity index (χ0n) is 12.8. The van der Waals surface area contributed by atoms with Crippen LogP contribution in [0.1, 0.15) is 11.5 Å². The van der Waals surface area contributed by atoms with Crippen molar-refractivity contribution in [2.24, 2.45) is 5.92 Å². The summed E-state index contributed by atoms with van der Waals surface area (Å²) in [5, 5.41) is 3.23. The van der Waals surface area contributed by atoms with Crippen LogP contribution in [0.5, 0.6) is 17.2 Å². The Kier molecular flexibility index (Phi) is 4.90. The van der Waals surface area contributed by atoms with Crippen LogP contribution in [0, 0.1) is 5.92 Å². The Morgan fingerprint density at radius 3 is 2.33 bits per heavy atom. The maximum atomic E-state index is 11.9. The minimum absolute atomic E-state index is 0.0211. The van der Waals surface area contributed by atoms with E-state index in [4.69, 9.17) is 18.9 Å². The molecule has 2 unspecified atom stereocenters. The van der Waals surface area contributed by atoms with E-state index >= 15 is 0 Å². The normalized spacial score (nSPS) is 21.0. The number of benzene rings is 1. The summed E-state index contributed by atoms with van der Waals surface area (Å²) in [7, 11) is 6.13. The van der Waals surface area contributed by atoms with Crippen LogP contribution < -0.4 is 19.5 Å². The molecule has 1 fully saturated rings. The Hall–Kier alpha value is -1.95. The van der Waals surface area contributed by atoms with Crippen LogP contribution in [0.25, 0.3) is 0 Å². The Morgan fingerprint density at radius 1 is 1.05 bits per heavy atom. The number of carbonyl (C=O) groups excluding carboxylic acids is 1. The number of hydrogen-bond acceptors (Lipinski definition) is 6. The van der Waals surface area contributed by atoms with Gasteiger partial charge in [0.15, 0.2) is 11.5 Å². The van der Waals surface area contributed by atoms with E-state index in [1.807, 2.05) is 12.1 Å². The molecule has 0 spiro atoms. The van der Waals surface area contributed by atoms with Crippen molar-refractivity contribution >= 4 is 5.97 Å². The van der Waals surface area contributed by atoms with Gasteiger partial charge in [-0.25, -0.2) is 0 Å². The van der Waals surface area contributed by atoms with Crippen molar-refractivity contribution in [1.29, 1.82) is 0 Å². The van der Waals surface area contributed by atoms with Crippen molar-refractivity contribution in [1.82, 2.24) is 5.32 Å². The first-order chi connectivity index (χ1) is 10.2. The van der Waals surface area contributed by atoms with E-state index in [1.54, 1.807) is 21.3 Å². The molecule has 0 amide bonds. The molecule has 0 bridgehead atoms. The Bertz CT molecular complexity index is 517. The van der Waals surface area contributed by atoms with Crippen molar-refractivity contribution in [2.75, 3.05) is 41.5 Å². The number of carbonyl (C=O) groups is 1. The SMILES string of the molecule is COC(=O)C1CNCC1c1ccc(OC)c(OC)c1OC. The maximum Gasteiger partial charge on any atom is 0.310 e. The van der Waals surface area contributed by atoms with Crippen molar-refractivity contribution in [2.45, 2.75) is 5.92 Å². The first-order valence-corrected chi connectivity index (χ1v) is 6.75. The van der Waals surface area contributed by atoms with Crippen LogP contribution >= 0.6 is 0 Å². The summed E-state index contributed by atoms with van der Waals surface area (Å²) in [6, 6.07) is 3.73. The summed E-state index contributed by atoms with van der Waals surface area (Å²) in [6.45, 7) is 1.28. The molecule has 6 heteroatoms. The lowest BCUT2D eigenvalue weighted by atomic mass is 9.88. The van der Waals surface area contributed by atoms with Crippen LogP contribution in [0.2, 0.25) is 0 Å². The number of esters is 1. The minimum Gasteiger partial charge on any atom is -0.493 e. The van der Waals surface area contributed by atoms with E-state index < -0.39 is 0 Å². The predicted molar refractivity (Wildman–Crippen MR) is 77.2 cm³/mol. The zero-order valence-corrected chi connectivity index (χ0v) is 12.8. The number of ether oxygens (including phenoxy) is 4. The molecule has 1 heterocycles. The van der Waals surface area contributed by atoms with Crippen molar-refractivity contribution in [3.05, 3.63) is 17.7 Å². The molecule has 6 nitrogen and oxygen atoms in total. The van der Waals surface area contributed by atoms with Gasteiger partial charge >= 0.3 is 5.97 Å². The molecule has 21 heavy (non-hydrogen) atoms. The standard InChI is InChI=1S/C15H21NO5/c1-18-12-6-5-9(13(19-2)14(12)20-3)10-7-16-8-11(10)15(17)21-4/h5-6,10-11,16H,7-8H2,1-4H3. The zero-order chi connectivity index (χ0) is 15.4. The molecule has 116 valence electrons. The molecule has 1 aromatic rings. The highest BCUT2D eigenvalue weighted by Gasteiger charge is 2.37. The predicted octanol–water partition coefficient (Wildman–Crippen LogP) is 1.19. The molecule has 0 radical (unpaired) electrons. The van der Waals surface area contributed by atoms with Crippen LogP contribution in [0.15, 0.2) is 12.1 Å². The number of rotatable bonds is 5. The molecule has 1 saturated heterocycles. The summed E-state index contributed by atoms with van der Waals surface area (Å²) < 4.78 is 21.1. The van der Waals surface area contributed by atoms with E-state index in [2.05, 4.69) is 5.32 Å². The molecule has 2 atom stereocenters. The van der Waals surface area contributed by atoms with Gasteiger partial charge in [-0.3, -0.25) is 4.79 Å². The highest BCUT2D eigenvalue weighted by atomic mass is 16.5. The molecule has 0 aromatic heterocycles. The van der Waals surface area contributed by atoms with E-state index in [0.29, 0.717) is 30.3 Å². The van der Waals surface area contributed by atoms with Crippen LogP contribution in [0.4, 0.5) is 0 Å². The number of nitrogens with one attached hydrogen (secondary N) is 1. The van der Waals surface area contributed by atoms with Gasteiger partial charge in [-0.2, -0.15) is 0 Å². The molecular formula is C15H21NO5. The van der Waals surface area contributed by atoms with E-state index in [9.17, 15) is 4.79 Å². The summed E-state index contributed by atoms with van der Waals surface area (Å²) in [6.07, 6.45) is 0. The largest absolute Gasteiger partial charge is 0.493 e. The van der Waals surface area contributed by atoms with Gasteiger partial charge < -0.3 is 24.3 Å². The smallest absolute Gasteiger partial charge is 0.310 e. The van der Waals surface area contributed by atoms with Crippen molar-refractivity contribution in [3.8, 4) is 17.2 Å². The topological polar surface area (TPSA) is 66.0 Å². The van der Waals surface area contributed by atoms with Gasteiger partial charge in [-0.1, -0.05) is 6.07 Å². The van der Waals surface area contributed by atoms with E-state index in [-0.39, 0.29) is 17.8 Å². The molecular weight excluding hydrogens is 274 g/mol. The monoisotopic (exact) mass is 295 g/mol. The third-order valence-corrected chi connectivity index (χ3v) is 3.85. The van der Waals surface area contributed by atoms with Crippen LogP contribution in [0.3, 0.4) is 0 Å². The molecule has 0 saturated carbocycles. The van der Waals surface area contributed by atoms with Gasteiger partial charge in [0.2, 0.25) is 5.75 Å². The minimum atomic E-state index is -0.234. The number of methoxy groups -OCH3 is 4. The molecule has 1 N–H and O–H groups in total. The Balaban J connectivity index is 2.45. The first-order valence-electron chi connectivity index (χ1n) is 6.75. The van der Waals surface area contributed by atoms with E-state index in [1.165, 1.54) is 7.11 Å². The molecule has 1 aliphatic heterocycles. The second-order valence-corrected chi connectivity index (χ2v) is 4.82. The Labute approximate surface area is 124 Å². The average molecular weight is 295 g/mol. The number of hydrogen-bond donors (Lipinski definition) is 1. The van der Waals surface area contributed by atoms with Crippen molar-refractivity contribution in [3.63, 3.8) is 0 Å². The molecule has 0 aliphatic carbocycles. The van der Waals surface area contributed by atoms with Gasteiger partial charge in [-0.15, -0.1) is 0 Å². The average Bonchev–Trinajstić information content (AvgIpc) is 3.01. The van der Waals surface area contributed by atoms with Crippen LogP contribution in [-0.4, -0.2) is 47.5 Å². The fourth-order valence-electron chi connectivity index (χ4n) is 2.82. The lowest BCUT2D eigenvalue weighted by Crippen LogP contribution is -2.23. The molecule has 2 rings (SSSR count).